The molecule has 0 unspecified atom stereocenters. The van der Waals surface area contributed by atoms with E-state index in [1.165, 1.54) is 12.1 Å². The summed E-state index contributed by atoms with van der Waals surface area (Å²) in [6.07, 6.45) is -4.28. The number of benzene rings is 1. The van der Waals surface area contributed by atoms with Gasteiger partial charge in [0.25, 0.3) is 0 Å². The Hall–Kier alpha value is -0.950. The zero-order valence-corrected chi connectivity index (χ0v) is 10.3. The number of rotatable bonds is 5. The van der Waals surface area contributed by atoms with Gasteiger partial charge in [0.15, 0.2) is 5.75 Å². The van der Waals surface area contributed by atoms with Gasteiger partial charge in [0.05, 0.1) is 5.69 Å². The zero-order valence-electron chi connectivity index (χ0n) is 8.72. The number of alkyl halides is 3. The molecule has 0 aliphatic rings. The highest BCUT2D eigenvalue weighted by Crippen LogP contribution is 2.32. The molecule has 96 valence electrons. The van der Waals surface area contributed by atoms with E-state index in [1.807, 2.05) is 0 Å². The van der Waals surface area contributed by atoms with Crippen LogP contribution in [0.3, 0.4) is 0 Å². The van der Waals surface area contributed by atoms with Crippen LogP contribution in [0.15, 0.2) is 22.7 Å². The number of hydrogen-bond donors (Lipinski definition) is 2. The van der Waals surface area contributed by atoms with E-state index in [-0.39, 0.29) is 18.0 Å². The molecule has 0 saturated heterocycles. The van der Waals surface area contributed by atoms with Crippen LogP contribution < -0.4 is 10.1 Å². The second kappa shape index (κ2) is 6.11. The molecule has 0 fully saturated rings. The summed E-state index contributed by atoms with van der Waals surface area (Å²) >= 11 is 3.07. The number of hydrogen-bond acceptors (Lipinski definition) is 3. The van der Waals surface area contributed by atoms with Crippen LogP contribution in [-0.4, -0.2) is 24.6 Å². The van der Waals surface area contributed by atoms with E-state index in [4.69, 9.17) is 5.11 Å². The molecular weight excluding hydrogens is 303 g/mol. The average molecular weight is 314 g/mol. The largest absolute Gasteiger partial charge is 0.573 e. The highest BCUT2D eigenvalue weighted by Gasteiger charge is 2.32. The lowest BCUT2D eigenvalue weighted by Crippen LogP contribution is -2.18. The molecule has 0 atom stereocenters. The molecule has 3 nitrogen and oxygen atoms in total. The van der Waals surface area contributed by atoms with Crippen molar-refractivity contribution in [2.75, 3.05) is 18.5 Å². The Kier molecular flexibility index (Phi) is 5.07. The molecular formula is C10H11BrF3NO2. The highest BCUT2D eigenvalue weighted by molar-refractivity contribution is 9.10. The molecule has 0 aliphatic carbocycles. The maximum absolute atomic E-state index is 12.1. The van der Waals surface area contributed by atoms with Crippen molar-refractivity contribution >= 4 is 21.6 Å². The van der Waals surface area contributed by atoms with Gasteiger partial charge < -0.3 is 15.2 Å². The molecule has 0 aromatic heterocycles. The van der Waals surface area contributed by atoms with Crippen molar-refractivity contribution in [3.8, 4) is 5.75 Å². The SMILES string of the molecule is OCCCNc1ccc(Br)cc1OC(F)(F)F. The minimum absolute atomic E-state index is 0.0288. The van der Waals surface area contributed by atoms with Crippen molar-refractivity contribution < 1.29 is 23.0 Å². The average Bonchev–Trinajstić information content (AvgIpc) is 2.19. The first-order chi connectivity index (χ1) is 7.92. The van der Waals surface area contributed by atoms with Crippen LogP contribution in [0, 0.1) is 0 Å². The summed E-state index contributed by atoms with van der Waals surface area (Å²) in [6.45, 7) is 0.339. The molecule has 0 bridgehead atoms. The first kappa shape index (κ1) is 14.1. The number of ether oxygens (including phenoxy) is 1. The fourth-order valence-corrected chi connectivity index (χ4v) is 1.49. The van der Waals surface area contributed by atoms with Crippen molar-refractivity contribution in [3.63, 3.8) is 0 Å². The Bertz CT molecular complexity index is 371. The van der Waals surface area contributed by atoms with Gasteiger partial charge in [-0.2, -0.15) is 0 Å². The molecule has 0 heterocycles. The first-order valence-electron chi connectivity index (χ1n) is 4.82. The van der Waals surface area contributed by atoms with Crippen LogP contribution in [0.4, 0.5) is 18.9 Å². The molecule has 0 spiro atoms. The minimum Gasteiger partial charge on any atom is -0.404 e. The van der Waals surface area contributed by atoms with Gasteiger partial charge in [-0.3, -0.25) is 0 Å². The van der Waals surface area contributed by atoms with E-state index in [0.717, 1.165) is 0 Å². The lowest BCUT2D eigenvalue weighted by atomic mass is 10.3. The second-order valence-corrected chi connectivity index (χ2v) is 4.11. The van der Waals surface area contributed by atoms with Gasteiger partial charge in [0.2, 0.25) is 0 Å². The molecule has 1 aromatic rings. The molecule has 0 amide bonds. The smallest absolute Gasteiger partial charge is 0.404 e. The molecule has 1 rings (SSSR count). The van der Waals surface area contributed by atoms with E-state index in [2.05, 4.69) is 26.0 Å². The Morgan fingerprint density at radius 2 is 2.06 bits per heavy atom. The van der Waals surface area contributed by atoms with Gasteiger partial charge in [-0.15, -0.1) is 13.2 Å². The van der Waals surface area contributed by atoms with E-state index < -0.39 is 6.36 Å². The third kappa shape index (κ3) is 5.27. The Labute approximate surface area is 105 Å². The lowest BCUT2D eigenvalue weighted by Gasteiger charge is -2.14. The first-order valence-corrected chi connectivity index (χ1v) is 5.61. The molecule has 0 radical (unpaired) electrons. The summed E-state index contributed by atoms with van der Waals surface area (Å²) in [4.78, 5) is 0. The van der Waals surface area contributed by atoms with Crippen LogP contribution in [0.1, 0.15) is 6.42 Å². The molecule has 0 saturated carbocycles. The predicted molar refractivity (Wildman–Crippen MR) is 61.0 cm³/mol. The Morgan fingerprint density at radius 3 is 2.65 bits per heavy atom. The summed E-state index contributed by atoms with van der Waals surface area (Å²) in [5.74, 6) is -0.301. The molecule has 7 heteroatoms. The van der Waals surface area contributed by atoms with Gasteiger partial charge in [0.1, 0.15) is 0 Å². The second-order valence-electron chi connectivity index (χ2n) is 3.19. The normalized spacial score (nSPS) is 11.4. The summed E-state index contributed by atoms with van der Waals surface area (Å²) in [5.41, 5.74) is 0.235. The van der Waals surface area contributed by atoms with Crippen molar-refractivity contribution in [2.24, 2.45) is 0 Å². The Balaban J connectivity index is 2.80. The van der Waals surface area contributed by atoms with Crippen molar-refractivity contribution in [1.29, 1.82) is 0 Å². The molecule has 2 N–H and O–H groups in total. The number of nitrogens with one attached hydrogen (secondary N) is 1. The molecule has 1 aromatic carbocycles. The fraction of sp³-hybridized carbons (Fsp3) is 0.400. The summed E-state index contributed by atoms with van der Waals surface area (Å²) in [6, 6.07) is 4.31. The van der Waals surface area contributed by atoms with Crippen molar-refractivity contribution in [3.05, 3.63) is 22.7 Å². The number of aliphatic hydroxyl groups is 1. The molecule has 0 aliphatic heterocycles. The topological polar surface area (TPSA) is 41.5 Å². The van der Waals surface area contributed by atoms with Gasteiger partial charge in [0, 0.05) is 17.6 Å². The minimum atomic E-state index is -4.73. The van der Waals surface area contributed by atoms with E-state index in [9.17, 15) is 13.2 Å². The van der Waals surface area contributed by atoms with Gasteiger partial charge in [-0.1, -0.05) is 15.9 Å². The van der Waals surface area contributed by atoms with Crippen molar-refractivity contribution in [1.82, 2.24) is 0 Å². The number of halogens is 4. The van der Waals surface area contributed by atoms with Crippen LogP contribution in [0.5, 0.6) is 5.75 Å². The van der Waals surface area contributed by atoms with Crippen LogP contribution >= 0.6 is 15.9 Å². The predicted octanol–water partition coefficient (Wildman–Crippen LogP) is 3.14. The summed E-state index contributed by atoms with van der Waals surface area (Å²) in [5, 5.41) is 11.3. The van der Waals surface area contributed by atoms with E-state index in [1.54, 1.807) is 6.07 Å². The summed E-state index contributed by atoms with van der Waals surface area (Å²) in [7, 11) is 0. The van der Waals surface area contributed by atoms with E-state index in [0.29, 0.717) is 17.4 Å². The van der Waals surface area contributed by atoms with Crippen LogP contribution in [0.2, 0.25) is 0 Å². The standard InChI is InChI=1S/C10H11BrF3NO2/c11-7-2-3-8(15-4-1-5-16)9(6-7)17-10(12,13)14/h2-3,6,15-16H,1,4-5H2. The lowest BCUT2D eigenvalue weighted by molar-refractivity contribution is -0.274. The molecule has 17 heavy (non-hydrogen) atoms. The van der Waals surface area contributed by atoms with Gasteiger partial charge in [-0.05, 0) is 24.6 Å². The highest BCUT2D eigenvalue weighted by atomic mass is 79.9. The fourth-order valence-electron chi connectivity index (χ4n) is 1.15. The number of aliphatic hydroxyl groups excluding tert-OH is 1. The Morgan fingerprint density at radius 1 is 1.35 bits per heavy atom. The van der Waals surface area contributed by atoms with Crippen LogP contribution in [0.25, 0.3) is 0 Å². The maximum atomic E-state index is 12.1. The van der Waals surface area contributed by atoms with Crippen LogP contribution in [-0.2, 0) is 0 Å². The van der Waals surface area contributed by atoms with Gasteiger partial charge in [-0.25, -0.2) is 0 Å². The van der Waals surface area contributed by atoms with Gasteiger partial charge >= 0.3 is 6.36 Å². The monoisotopic (exact) mass is 313 g/mol. The quantitative estimate of drug-likeness (QED) is 0.821. The summed E-state index contributed by atoms with van der Waals surface area (Å²) < 4.78 is 40.8. The van der Waals surface area contributed by atoms with Crippen molar-refractivity contribution in [2.45, 2.75) is 12.8 Å². The van der Waals surface area contributed by atoms with E-state index >= 15 is 0 Å². The maximum Gasteiger partial charge on any atom is 0.573 e. The number of anilines is 1. The third-order valence-corrected chi connectivity index (χ3v) is 2.31. The third-order valence-electron chi connectivity index (χ3n) is 1.82. The zero-order chi connectivity index (χ0) is 12.9.